The van der Waals surface area contributed by atoms with Crippen LogP contribution in [0.5, 0.6) is 5.75 Å². The summed E-state index contributed by atoms with van der Waals surface area (Å²) in [6.45, 7) is 1.89. The first kappa shape index (κ1) is 23.4. The van der Waals surface area contributed by atoms with Crippen molar-refractivity contribution in [1.82, 2.24) is 4.98 Å². The molecule has 10 heteroatoms. The van der Waals surface area contributed by atoms with Gasteiger partial charge in [0.25, 0.3) is 0 Å². The maximum absolute atomic E-state index is 13.6. The normalized spacial score (nSPS) is 30.3. The topological polar surface area (TPSA) is 171 Å². The highest BCUT2D eigenvalue weighted by molar-refractivity contribution is 7.10. The summed E-state index contributed by atoms with van der Waals surface area (Å²) in [5, 5.41) is 43.3. The minimum Gasteiger partial charge on any atom is -0.508 e. The summed E-state index contributed by atoms with van der Waals surface area (Å²) >= 11 is 1.47. The molecule has 6 N–H and O–H groups in total. The largest absolute Gasteiger partial charge is 0.508 e. The van der Waals surface area contributed by atoms with Gasteiger partial charge in [0.05, 0.1) is 22.9 Å². The number of allylic oxidation sites excluding steroid dienone is 1. The predicted octanol–water partition coefficient (Wildman–Crippen LogP) is 1.68. The number of aliphatic hydroxyl groups is 3. The van der Waals surface area contributed by atoms with Crippen LogP contribution in [0.4, 0.5) is 0 Å². The van der Waals surface area contributed by atoms with Crippen LogP contribution in [0, 0.1) is 24.7 Å². The Morgan fingerprint density at radius 3 is 2.63 bits per heavy atom. The molecule has 2 aromatic rings. The van der Waals surface area contributed by atoms with Crippen LogP contribution < -0.4 is 5.73 Å². The predicted molar refractivity (Wildman–Crippen MR) is 126 cm³/mol. The summed E-state index contributed by atoms with van der Waals surface area (Å²) in [5.74, 6) is -7.15. The highest BCUT2D eigenvalue weighted by atomic mass is 32.1. The standard InChI is InChI=1S/C25H24N2O7S/c1-10-17(35-9-27-10)5-3-11-2-4-15(28)19-14(11)7-12-6-13-8-16(29)20(24(26)33)23(32)25(13,34)22(31)18(12)21(19)30/h2-5,9,12-13,16,20,28-29,31,34H,6-8H2,1H3,(H2,26,33)/b5-3+/t12-,13+,16?,20?,25+/m1/s1. The Bertz CT molecular complexity index is 1340. The molecule has 0 saturated heterocycles. The van der Waals surface area contributed by atoms with Crippen LogP contribution in [0.2, 0.25) is 0 Å². The summed E-state index contributed by atoms with van der Waals surface area (Å²) in [6, 6.07) is 3.09. The Morgan fingerprint density at radius 1 is 1.23 bits per heavy atom. The molecule has 0 aliphatic heterocycles. The molecular weight excluding hydrogens is 472 g/mol. The molecule has 1 aromatic heterocycles. The lowest BCUT2D eigenvalue weighted by atomic mass is 9.57. The molecule has 5 atom stereocenters. The molecule has 0 bridgehead atoms. The number of nitrogens with zero attached hydrogens (tertiary/aromatic N) is 1. The maximum Gasteiger partial charge on any atom is 0.230 e. The molecule has 35 heavy (non-hydrogen) atoms. The van der Waals surface area contributed by atoms with Gasteiger partial charge in [-0.3, -0.25) is 14.4 Å². The van der Waals surface area contributed by atoms with Crippen LogP contribution in [0.3, 0.4) is 0 Å². The van der Waals surface area contributed by atoms with Crippen molar-refractivity contribution in [2.45, 2.75) is 37.9 Å². The number of benzene rings is 1. The number of aryl methyl sites for hydroxylation is 1. The van der Waals surface area contributed by atoms with Crippen LogP contribution in [-0.2, 0) is 16.0 Å². The summed E-state index contributed by atoms with van der Waals surface area (Å²) in [5.41, 5.74) is 6.52. The number of hydrogen-bond donors (Lipinski definition) is 5. The van der Waals surface area contributed by atoms with Gasteiger partial charge in [-0.15, -0.1) is 11.3 Å². The number of aromatic hydroxyl groups is 1. The second-order valence-corrected chi connectivity index (χ2v) is 10.3. The Labute approximate surface area is 204 Å². The number of carbonyl (C=O) groups excluding carboxylic acids is 3. The monoisotopic (exact) mass is 496 g/mol. The van der Waals surface area contributed by atoms with E-state index < -0.39 is 52.7 Å². The van der Waals surface area contributed by atoms with Gasteiger partial charge in [0.2, 0.25) is 5.91 Å². The van der Waals surface area contributed by atoms with Gasteiger partial charge in [-0.1, -0.05) is 12.1 Å². The lowest BCUT2D eigenvalue weighted by Crippen LogP contribution is -2.63. The van der Waals surface area contributed by atoms with Crippen molar-refractivity contribution in [3.63, 3.8) is 0 Å². The van der Waals surface area contributed by atoms with Crippen LogP contribution >= 0.6 is 11.3 Å². The van der Waals surface area contributed by atoms with Crippen molar-refractivity contribution < 1.29 is 34.8 Å². The first-order valence-corrected chi connectivity index (χ1v) is 12.1. The number of amides is 1. The summed E-state index contributed by atoms with van der Waals surface area (Å²) in [6.07, 6.45) is 2.59. The molecule has 3 aliphatic rings. The molecule has 5 rings (SSSR count). The van der Waals surface area contributed by atoms with E-state index in [9.17, 15) is 34.8 Å². The van der Waals surface area contributed by atoms with Crippen molar-refractivity contribution in [3.8, 4) is 5.75 Å². The van der Waals surface area contributed by atoms with E-state index >= 15 is 0 Å². The SMILES string of the molecule is Cc1ncsc1/C=C/c1ccc(O)c2c1C[C@H]1C[C@H]3CC(O)C(C(N)=O)C(=O)[C@@]3(O)C(O)=C1C2=O. The minimum atomic E-state index is -2.51. The number of carbonyl (C=O) groups is 3. The fourth-order valence-electron chi connectivity index (χ4n) is 5.74. The van der Waals surface area contributed by atoms with Gasteiger partial charge in [0, 0.05) is 16.4 Å². The Kier molecular flexibility index (Phi) is 5.42. The fraction of sp³-hybridized carbons (Fsp3) is 0.360. The average Bonchev–Trinajstić information content (AvgIpc) is 3.20. The number of aliphatic hydroxyl groups excluding tert-OH is 2. The number of phenolic OH excluding ortho intramolecular Hbond substituents is 1. The van der Waals surface area contributed by atoms with Gasteiger partial charge in [0.1, 0.15) is 17.4 Å². The van der Waals surface area contributed by atoms with Crippen LogP contribution in [0.15, 0.2) is 29.0 Å². The zero-order valence-electron chi connectivity index (χ0n) is 18.8. The first-order valence-electron chi connectivity index (χ1n) is 11.2. The average molecular weight is 497 g/mol. The van der Waals surface area contributed by atoms with Crippen LogP contribution in [0.1, 0.15) is 44.9 Å². The summed E-state index contributed by atoms with van der Waals surface area (Å²) in [4.78, 5) is 43.5. The van der Waals surface area contributed by atoms with Crippen molar-refractivity contribution in [1.29, 1.82) is 0 Å². The molecule has 9 nitrogen and oxygen atoms in total. The van der Waals surface area contributed by atoms with E-state index in [1.165, 1.54) is 17.4 Å². The second-order valence-electron chi connectivity index (χ2n) is 9.40. The number of primary amides is 1. The fourth-order valence-corrected chi connectivity index (χ4v) is 6.44. The summed E-state index contributed by atoms with van der Waals surface area (Å²) in [7, 11) is 0. The quantitative estimate of drug-likeness (QED) is 0.399. The van der Waals surface area contributed by atoms with Gasteiger partial charge in [-0.25, -0.2) is 4.98 Å². The number of nitrogens with two attached hydrogens (primary N) is 1. The maximum atomic E-state index is 13.6. The van der Waals surface area contributed by atoms with E-state index in [1.54, 1.807) is 11.6 Å². The molecule has 182 valence electrons. The van der Waals surface area contributed by atoms with E-state index in [0.717, 1.165) is 10.6 Å². The van der Waals surface area contributed by atoms with E-state index in [0.29, 0.717) is 11.1 Å². The zero-order valence-corrected chi connectivity index (χ0v) is 19.6. The zero-order chi connectivity index (χ0) is 25.2. The molecule has 3 aliphatic carbocycles. The highest BCUT2D eigenvalue weighted by Crippen LogP contribution is 2.52. The third-order valence-corrected chi connectivity index (χ3v) is 8.40. The number of hydrogen-bond acceptors (Lipinski definition) is 9. The molecule has 1 amide bonds. The molecule has 0 radical (unpaired) electrons. The smallest absolute Gasteiger partial charge is 0.230 e. The first-order chi connectivity index (χ1) is 16.6. The van der Waals surface area contributed by atoms with Crippen molar-refractivity contribution in [2.24, 2.45) is 23.5 Å². The minimum absolute atomic E-state index is 0.00257. The van der Waals surface area contributed by atoms with Crippen molar-refractivity contribution in [3.05, 3.63) is 56.2 Å². The van der Waals surface area contributed by atoms with Crippen LogP contribution in [0.25, 0.3) is 12.2 Å². The van der Waals surface area contributed by atoms with Gasteiger partial charge in [-0.2, -0.15) is 0 Å². The number of phenols is 1. The number of aromatic nitrogens is 1. The Hall–Kier alpha value is -3.34. The van der Waals surface area contributed by atoms with Crippen molar-refractivity contribution in [2.75, 3.05) is 0 Å². The molecule has 2 unspecified atom stereocenters. The summed E-state index contributed by atoms with van der Waals surface area (Å²) < 4.78 is 0. The number of rotatable bonds is 3. The third kappa shape index (κ3) is 3.35. The Morgan fingerprint density at radius 2 is 1.97 bits per heavy atom. The van der Waals surface area contributed by atoms with Gasteiger partial charge in [0.15, 0.2) is 17.2 Å². The van der Waals surface area contributed by atoms with Gasteiger partial charge < -0.3 is 26.2 Å². The Balaban J connectivity index is 1.61. The number of thiazole rings is 1. The molecule has 1 fully saturated rings. The van der Waals surface area contributed by atoms with E-state index in [1.807, 2.05) is 19.1 Å². The lowest BCUT2D eigenvalue weighted by Gasteiger charge is -2.48. The number of Topliss-reactive ketones (excluding diaryl/α,β-unsaturated/α-hetero) is 2. The highest BCUT2D eigenvalue weighted by Gasteiger charge is 2.62. The number of ketones is 2. The molecule has 1 heterocycles. The van der Waals surface area contributed by atoms with Gasteiger partial charge in [-0.05, 0) is 55.4 Å². The second kappa shape index (κ2) is 8.11. The van der Waals surface area contributed by atoms with Crippen molar-refractivity contribution >= 4 is 41.0 Å². The molecular formula is C25H24N2O7S. The molecule has 1 aromatic carbocycles. The van der Waals surface area contributed by atoms with E-state index in [-0.39, 0.29) is 36.1 Å². The van der Waals surface area contributed by atoms with E-state index in [4.69, 9.17) is 5.73 Å². The molecule has 1 saturated carbocycles. The van der Waals surface area contributed by atoms with E-state index in [2.05, 4.69) is 4.98 Å². The third-order valence-electron chi connectivity index (χ3n) is 7.51. The van der Waals surface area contributed by atoms with Crippen LogP contribution in [-0.4, -0.2) is 54.6 Å². The molecule has 0 spiro atoms. The lowest BCUT2D eigenvalue weighted by molar-refractivity contribution is -0.167. The number of fused-ring (bicyclic) bond motifs is 3. The van der Waals surface area contributed by atoms with Gasteiger partial charge >= 0.3 is 0 Å².